The van der Waals surface area contributed by atoms with Gasteiger partial charge in [-0.25, -0.2) is 4.98 Å². The van der Waals surface area contributed by atoms with Gasteiger partial charge < -0.3 is 26.0 Å². The summed E-state index contributed by atoms with van der Waals surface area (Å²) in [6.45, 7) is 2.29. The van der Waals surface area contributed by atoms with E-state index in [2.05, 4.69) is 15.3 Å². The van der Waals surface area contributed by atoms with Crippen LogP contribution in [0.5, 0.6) is 0 Å². The van der Waals surface area contributed by atoms with Crippen LogP contribution in [0, 0.1) is 5.92 Å². The first-order valence-corrected chi connectivity index (χ1v) is 13.8. The molecule has 1 saturated carbocycles. The van der Waals surface area contributed by atoms with Crippen LogP contribution in [0.4, 0.5) is 19.0 Å². The van der Waals surface area contributed by atoms with Crippen molar-refractivity contribution >= 4 is 17.6 Å². The topological polar surface area (TPSA) is 125 Å². The molecule has 4 N–H and O–H groups in total. The summed E-state index contributed by atoms with van der Waals surface area (Å²) in [7, 11) is 0. The normalized spacial score (nSPS) is 26.2. The molecule has 12 heteroatoms. The number of rotatable bonds is 6. The van der Waals surface area contributed by atoms with E-state index in [0.717, 1.165) is 31.4 Å². The molecule has 3 aliphatic rings. The summed E-state index contributed by atoms with van der Waals surface area (Å²) in [5.74, 6) is -0.284. The van der Waals surface area contributed by atoms with Crippen molar-refractivity contribution in [3.63, 3.8) is 0 Å². The van der Waals surface area contributed by atoms with Crippen LogP contribution >= 0.6 is 0 Å². The highest BCUT2D eigenvalue weighted by atomic mass is 19.4. The maximum absolute atomic E-state index is 13.2. The van der Waals surface area contributed by atoms with Gasteiger partial charge >= 0.3 is 6.18 Å². The first kappa shape index (κ1) is 28.3. The minimum absolute atomic E-state index is 0.115. The van der Waals surface area contributed by atoms with Gasteiger partial charge in [0.15, 0.2) is 0 Å². The lowest BCUT2D eigenvalue weighted by Crippen LogP contribution is -2.46. The second kappa shape index (κ2) is 11.3. The average Bonchev–Trinajstić information content (AvgIpc) is 3.42. The number of aromatic nitrogens is 2. The standard InChI is InChI=1S/C28H35F3N6O3/c29-28(30,31)20-5-11-33-24(15-20)36-12-6-18(7-13-36)26(39)37-14-8-22(17-37)35-21-3-9-27(40,10-4-21)23-2-1-19(16-34-23)25(32)38/h1-2,5,11,15-16,18,21-22,35,40H,3-4,6-10,12-14,17H2,(H2,32,38)/t21?,22-,27?/m0/s1. The van der Waals surface area contributed by atoms with Crippen LogP contribution in [0.3, 0.4) is 0 Å². The Balaban J connectivity index is 1.07. The molecule has 216 valence electrons. The molecule has 4 heterocycles. The number of pyridine rings is 2. The van der Waals surface area contributed by atoms with Crippen molar-refractivity contribution in [2.75, 3.05) is 31.1 Å². The van der Waals surface area contributed by atoms with E-state index < -0.39 is 23.2 Å². The minimum Gasteiger partial charge on any atom is -0.384 e. The van der Waals surface area contributed by atoms with E-state index in [1.807, 2.05) is 9.80 Å². The van der Waals surface area contributed by atoms with Crippen molar-refractivity contribution in [2.45, 2.75) is 68.8 Å². The highest BCUT2D eigenvalue weighted by Gasteiger charge is 2.39. The zero-order valence-corrected chi connectivity index (χ0v) is 22.2. The number of carbonyl (C=O) groups excluding carboxylic acids is 2. The number of nitrogens with one attached hydrogen (secondary N) is 1. The molecule has 9 nitrogen and oxygen atoms in total. The fourth-order valence-electron chi connectivity index (χ4n) is 6.14. The second-order valence-corrected chi connectivity index (χ2v) is 11.2. The van der Waals surface area contributed by atoms with Gasteiger partial charge in [-0.1, -0.05) is 0 Å². The monoisotopic (exact) mass is 560 g/mol. The Kier molecular flexibility index (Phi) is 8.01. The third-order valence-electron chi connectivity index (χ3n) is 8.55. The van der Waals surface area contributed by atoms with E-state index in [0.29, 0.717) is 68.9 Å². The number of piperidine rings is 1. The number of nitrogens with zero attached hydrogens (tertiary/aromatic N) is 4. The maximum Gasteiger partial charge on any atom is 0.416 e. The third-order valence-corrected chi connectivity index (χ3v) is 8.55. The van der Waals surface area contributed by atoms with Crippen molar-refractivity contribution in [1.82, 2.24) is 20.2 Å². The van der Waals surface area contributed by atoms with Gasteiger partial charge in [0.05, 0.1) is 16.8 Å². The quantitative estimate of drug-likeness (QED) is 0.496. The number of anilines is 1. The van der Waals surface area contributed by atoms with Gasteiger partial charge in [0.1, 0.15) is 11.4 Å². The van der Waals surface area contributed by atoms with Crippen LogP contribution in [-0.4, -0.2) is 70.1 Å². The van der Waals surface area contributed by atoms with Crippen LogP contribution in [0.1, 0.15) is 66.6 Å². The molecule has 2 saturated heterocycles. The van der Waals surface area contributed by atoms with E-state index in [4.69, 9.17) is 5.73 Å². The average molecular weight is 561 g/mol. The van der Waals surface area contributed by atoms with Crippen molar-refractivity contribution in [1.29, 1.82) is 0 Å². The smallest absolute Gasteiger partial charge is 0.384 e. The number of hydrogen-bond donors (Lipinski definition) is 3. The predicted octanol–water partition coefficient (Wildman–Crippen LogP) is 2.83. The van der Waals surface area contributed by atoms with Crippen molar-refractivity contribution in [3.05, 3.63) is 53.5 Å². The molecular formula is C28H35F3N6O3. The summed E-state index contributed by atoms with van der Waals surface area (Å²) >= 11 is 0. The lowest BCUT2D eigenvalue weighted by Gasteiger charge is -2.37. The van der Waals surface area contributed by atoms with Gasteiger partial charge in [-0.05, 0) is 69.2 Å². The number of nitrogens with two attached hydrogens (primary N) is 1. The summed E-state index contributed by atoms with van der Waals surface area (Å²) in [6, 6.07) is 5.70. The maximum atomic E-state index is 13.2. The number of alkyl halides is 3. The Morgan fingerprint density at radius 3 is 2.35 bits per heavy atom. The van der Waals surface area contributed by atoms with Crippen molar-refractivity contribution in [3.8, 4) is 0 Å². The summed E-state index contributed by atoms with van der Waals surface area (Å²) in [6.07, 6.45) is 2.81. The number of likely N-dealkylation sites (tertiary alicyclic amines) is 1. The lowest BCUT2D eigenvalue weighted by molar-refractivity contribution is -0.137. The molecule has 5 rings (SSSR count). The van der Waals surface area contributed by atoms with Gasteiger partial charge in [0.2, 0.25) is 11.8 Å². The minimum atomic E-state index is -4.41. The number of primary amides is 1. The van der Waals surface area contributed by atoms with Gasteiger partial charge in [-0.2, -0.15) is 13.2 Å². The molecule has 3 fully saturated rings. The summed E-state index contributed by atoms with van der Waals surface area (Å²) in [5, 5.41) is 14.8. The van der Waals surface area contributed by atoms with E-state index >= 15 is 0 Å². The molecule has 40 heavy (non-hydrogen) atoms. The van der Waals surface area contributed by atoms with Crippen LogP contribution in [0.2, 0.25) is 0 Å². The first-order chi connectivity index (χ1) is 19.0. The highest BCUT2D eigenvalue weighted by molar-refractivity contribution is 5.92. The molecule has 0 radical (unpaired) electrons. The summed E-state index contributed by atoms with van der Waals surface area (Å²) in [5.41, 5.74) is 4.37. The molecule has 0 bridgehead atoms. The SMILES string of the molecule is NC(=O)c1ccc(C2(O)CCC(N[C@H]3CCN(C(=O)C4CCN(c5cc(C(F)(F)F)ccn5)CC4)C3)CC2)nc1. The lowest BCUT2D eigenvalue weighted by atomic mass is 9.79. The van der Waals surface area contributed by atoms with Crippen LogP contribution in [-0.2, 0) is 16.6 Å². The number of carbonyl (C=O) groups is 2. The fourth-order valence-corrected chi connectivity index (χ4v) is 6.14. The van der Waals surface area contributed by atoms with Gasteiger partial charge in [-0.15, -0.1) is 0 Å². The number of aliphatic hydroxyl groups is 1. The molecule has 2 amide bonds. The Hall–Kier alpha value is -3.25. The van der Waals surface area contributed by atoms with Crippen molar-refractivity contribution < 1.29 is 27.9 Å². The van der Waals surface area contributed by atoms with Crippen LogP contribution < -0.4 is 16.0 Å². The van der Waals surface area contributed by atoms with Crippen LogP contribution in [0.15, 0.2) is 36.7 Å². The van der Waals surface area contributed by atoms with Gasteiger partial charge in [0, 0.05) is 56.6 Å². The Morgan fingerprint density at radius 1 is 1.00 bits per heavy atom. The van der Waals surface area contributed by atoms with E-state index in [9.17, 15) is 27.9 Å². The zero-order valence-electron chi connectivity index (χ0n) is 22.2. The molecule has 0 unspecified atom stereocenters. The second-order valence-electron chi connectivity index (χ2n) is 11.2. The number of halogens is 3. The highest BCUT2D eigenvalue weighted by Crippen LogP contribution is 2.37. The third kappa shape index (κ3) is 6.22. The van der Waals surface area contributed by atoms with Gasteiger partial charge in [-0.3, -0.25) is 14.6 Å². The molecule has 2 aromatic heterocycles. The first-order valence-electron chi connectivity index (χ1n) is 13.8. The fraction of sp³-hybridized carbons (Fsp3) is 0.571. The Labute approximate surface area is 231 Å². The molecule has 1 aliphatic carbocycles. The van der Waals surface area contributed by atoms with E-state index in [-0.39, 0.29) is 23.9 Å². The summed E-state index contributed by atoms with van der Waals surface area (Å²) < 4.78 is 39.2. The molecule has 0 spiro atoms. The van der Waals surface area contributed by atoms with Gasteiger partial charge in [0.25, 0.3) is 0 Å². The predicted molar refractivity (Wildman–Crippen MR) is 141 cm³/mol. The molecular weight excluding hydrogens is 525 g/mol. The largest absolute Gasteiger partial charge is 0.416 e. The number of hydrogen-bond acceptors (Lipinski definition) is 7. The molecule has 0 aromatic carbocycles. The zero-order chi connectivity index (χ0) is 28.5. The van der Waals surface area contributed by atoms with Crippen LogP contribution in [0.25, 0.3) is 0 Å². The molecule has 2 aliphatic heterocycles. The van der Waals surface area contributed by atoms with E-state index in [1.165, 1.54) is 12.4 Å². The van der Waals surface area contributed by atoms with E-state index in [1.54, 1.807) is 12.1 Å². The summed E-state index contributed by atoms with van der Waals surface area (Å²) in [4.78, 5) is 36.6. The van der Waals surface area contributed by atoms with Crippen molar-refractivity contribution in [2.24, 2.45) is 11.7 Å². The molecule has 2 aromatic rings. The Morgan fingerprint density at radius 2 is 1.73 bits per heavy atom. The Bertz CT molecular complexity index is 1210. The molecule has 1 atom stereocenters. The number of amides is 2.